The van der Waals surface area contributed by atoms with E-state index in [-0.39, 0.29) is 54.2 Å². The van der Waals surface area contributed by atoms with Gasteiger partial charge in [-0.2, -0.15) is 0 Å². The van der Waals surface area contributed by atoms with Crippen LogP contribution in [-0.4, -0.2) is 27.9 Å². The fraction of sp³-hybridized carbons (Fsp3) is 0.346. The van der Waals surface area contributed by atoms with Gasteiger partial charge in [-0.25, -0.2) is 22.5 Å². The van der Waals surface area contributed by atoms with Gasteiger partial charge in [0.05, 0.1) is 29.2 Å². The molecule has 1 fully saturated rings. The fourth-order valence-electron chi connectivity index (χ4n) is 4.23. The maximum Gasteiger partial charge on any atom is 0.258 e. The van der Waals surface area contributed by atoms with Gasteiger partial charge < -0.3 is 10.1 Å². The van der Waals surface area contributed by atoms with Crippen molar-refractivity contribution in [1.29, 1.82) is 0 Å². The molecule has 3 aromatic rings. The van der Waals surface area contributed by atoms with Crippen LogP contribution in [0.1, 0.15) is 61.5 Å². The summed E-state index contributed by atoms with van der Waals surface area (Å²) in [7, 11) is 0. The van der Waals surface area contributed by atoms with Gasteiger partial charge in [-0.05, 0) is 57.0 Å². The molecule has 1 aromatic carbocycles. The highest BCUT2D eigenvalue weighted by atomic mass is 19.3. The highest BCUT2D eigenvalue weighted by Crippen LogP contribution is 2.42. The number of aromatic nitrogens is 2. The Labute approximate surface area is 200 Å². The molecule has 1 aliphatic rings. The number of carbonyl (C=O) groups is 1. The highest BCUT2D eigenvalue weighted by molar-refractivity contribution is 6.09. The van der Waals surface area contributed by atoms with E-state index in [1.165, 1.54) is 18.5 Å². The Kier molecular flexibility index (Phi) is 7.05. The molecule has 0 bridgehead atoms. The number of rotatable bonds is 6. The Morgan fingerprint density at radius 1 is 1.06 bits per heavy atom. The second-order valence-electron chi connectivity index (χ2n) is 8.88. The Balaban J connectivity index is 1.73. The number of amides is 1. The molecule has 2 aromatic heterocycles. The molecular formula is C26H25F4N3O2. The first-order valence-electron chi connectivity index (χ1n) is 11.4. The summed E-state index contributed by atoms with van der Waals surface area (Å²) in [6.07, 6.45) is 2.30. The summed E-state index contributed by atoms with van der Waals surface area (Å²) in [5.41, 5.74) is 0.677. The normalized spacial score (nSPS) is 15.7. The summed E-state index contributed by atoms with van der Waals surface area (Å²) < 4.78 is 61.8. The first kappa shape index (κ1) is 24.6. The topological polar surface area (TPSA) is 64.1 Å². The van der Waals surface area contributed by atoms with E-state index in [1.807, 2.05) is 13.8 Å². The maximum atomic E-state index is 14.7. The molecule has 1 N–H and O–H groups in total. The van der Waals surface area contributed by atoms with Crippen LogP contribution in [0.15, 0.2) is 48.8 Å². The van der Waals surface area contributed by atoms with E-state index in [0.29, 0.717) is 11.6 Å². The smallest absolute Gasteiger partial charge is 0.258 e. The summed E-state index contributed by atoms with van der Waals surface area (Å²) in [6.45, 7) is 3.71. The fourth-order valence-corrected chi connectivity index (χ4v) is 4.23. The largest absolute Gasteiger partial charge is 0.475 e. The predicted octanol–water partition coefficient (Wildman–Crippen LogP) is 6.75. The Hall–Kier alpha value is -3.49. The van der Waals surface area contributed by atoms with Gasteiger partial charge in [0.25, 0.3) is 5.91 Å². The lowest BCUT2D eigenvalue weighted by atomic mass is 9.81. The lowest BCUT2D eigenvalue weighted by Crippen LogP contribution is -2.26. The number of halogens is 4. The molecular weight excluding hydrogens is 462 g/mol. The number of anilines is 1. The molecule has 0 radical (unpaired) electrons. The minimum absolute atomic E-state index is 0.0229. The van der Waals surface area contributed by atoms with Gasteiger partial charge in [0.15, 0.2) is 0 Å². The number of nitrogens with zero attached hydrogens (tertiary/aromatic N) is 2. The van der Waals surface area contributed by atoms with Crippen LogP contribution in [0.2, 0.25) is 0 Å². The lowest BCUT2D eigenvalue weighted by molar-refractivity contribution is -0.0385. The van der Waals surface area contributed by atoms with E-state index < -0.39 is 29.4 Å². The van der Waals surface area contributed by atoms with Gasteiger partial charge in [0, 0.05) is 42.1 Å². The Morgan fingerprint density at radius 2 is 1.80 bits per heavy atom. The molecule has 1 amide bonds. The molecule has 1 saturated carbocycles. The maximum absolute atomic E-state index is 14.7. The molecule has 4 rings (SSSR count). The van der Waals surface area contributed by atoms with Crippen LogP contribution in [0.25, 0.3) is 11.1 Å². The number of hydrogen-bond donors (Lipinski definition) is 1. The molecule has 1 aliphatic carbocycles. The van der Waals surface area contributed by atoms with Crippen molar-refractivity contribution in [2.45, 2.75) is 57.5 Å². The second kappa shape index (κ2) is 10.0. The van der Waals surface area contributed by atoms with Crippen LogP contribution in [0.4, 0.5) is 23.2 Å². The van der Waals surface area contributed by atoms with E-state index in [0.717, 1.165) is 18.2 Å². The van der Waals surface area contributed by atoms with Gasteiger partial charge in [-0.15, -0.1) is 0 Å². The third-order valence-electron chi connectivity index (χ3n) is 5.88. The highest BCUT2D eigenvalue weighted by Gasteiger charge is 2.37. The predicted molar refractivity (Wildman–Crippen MR) is 124 cm³/mol. The lowest BCUT2D eigenvalue weighted by Gasteiger charge is -2.29. The van der Waals surface area contributed by atoms with Crippen molar-refractivity contribution >= 4 is 11.6 Å². The van der Waals surface area contributed by atoms with Crippen molar-refractivity contribution in [3.05, 3.63) is 71.7 Å². The van der Waals surface area contributed by atoms with E-state index in [1.54, 1.807) is 12.1 Å². The third kappa shape index (κ3) is 5.78. The number of alkyl halides is 2. The summed E-state index contributed by atoms with van der Waals surface area (Å²) in [6, 6.07) is 7.57. The van der Waals surface area contributed by atoms with Crippen molar-refractivity contribution in [3.8, 4) is 17.0 Å². The third-order valence-corrected chi connectivity index (χ3v) is 5.88. The van der Waals surface area contributed by atoms with E-state index in [4.69, 9.17) is 4.74 Å². The van der Waals surface area contributed by atoms with Crippen LogP contribution in [0, 0.1) is 11.6 Å². The number of hydrogen-bond acceptors (Lipinski definition) is 4. The number of ether oxygens (including phenoxy) is 1. The van der Waals surface area contributed by atoms with E-state index >= 15 is 0 Å². The monoisotopic (exact) mass is 487 g/mol. The molecule has 0 unspecified atom stereocenters. The van der Waals surface area contributed by atoms with Crippen LogP contribution >= 0.6 is 0 Å². The van der Waals surface area contributed by atoms with Crippen molar-refractivity contribution in [1.82, 2.24) is 9.97 Å². The summed E-state index contributed by atoms with van der Waals surface area (Å²) in [5, 5.41) is 2.72. The van der Waals surface area contributed by atoms with Crippen LogP contribution in [-0.2, 0) is 0 Å². The van der Waals surface area contributed by atoms with Crippen molar-refractivity contribution in [2.75, 3.05) is 5.32 Å². The second-order valence-corrected chi connectivity index (χ2v) is 8.88. The average Bonchev–Trinajstić information content (AvgIpc) is 2.81. The van der Waals surface area contributed by atoms with Crippen LogP contribution < -0.4 is 10.1 Å². The number of carbonyl (C=O) groups excluding carboxylic acids is 1. The molecule has 9 heteroatoms. The van der Waals surface area contributed by atoms with Gasteiger partial charge in [-0.3, -0.25) is 9.78 Å². The van der Waals surface area contributed by atoms with Crippen molar-refractivity contribution in [3.63, 3.8) is 0 Å². The molecule has 5 nitrogen and oxygen atoms in total. The first-order chi connectivity index (χ1) is 16.6. The first-order valence-corrected chi connectivity index (χ1v) is 11.4. The zero-order valence-electron chi connectivity index (χ0n) is 19.3. The Bertz CT molecular complexity index is 1210. The number of nitrogens with one attached hydrogen (secondary N) is 1. The summed E-state index contributed by atoms with van der Waals surface area (Å²) in [4.78, 5) is 22.0. The number of pyridine rings is 2. The SMILES string of the molecule is CC(C)Oc1ccc(NC(=O)c2c(-c3cc(F)ccc3F)ccnc2C2CCC(F)(F)CC2)cn1. The standard InChI is InChI=1S/C26H25F4N3O2/c1-15(2)35-22-6-4-18(14-32-22)33-25(34)23-19(20-13-17(27)3-5-21(20)28)9-12-31-24(23)16-7-10-26(29,30)11-8-16/h3-6,9,12-16H,7-8,10-11H2,1-2H3,(H,33,34). The quantitative estimate of drug-likeness (QED) is 0.391. The molecule has 35 heavy (non-hydrogen) atoms. The average molecular weight is 487 g/mol. The molecule has 184 valence electrons. The number of benzene rings is 1. The zero-order chi connectivity index (χ0) is 25.2. The summed E-state index contributed by atoms with van der Waals surface area (Å²) >= 11 is 0. The molecule has 2 heterocycles. The van der Waals surface area contributed by atoms with Gasteiger partial charge in [0.1, 0.15) is 11.6 Å². The summed E-state index contributed by atoms with van der Waals surface area (Å²) in [5.74, 6) is -4.82. The molecule has 0 aliphatic heterocycles. The minimum atomic E-state index is -2.77. The Morgan fingerprint density at radius 3 is 2.46 bits per heavy atom. The molecule has 0 atom stereocenters. The molecule has 0 saturated heterocycles. The van der Waals surface area contributed by atoms with Gasteiger partial charge in [-0.1, -0.05) is 0 Å². The van der Waals surface area contributed by atoms with Crippen molar-refractivity contribution in [2.24, 2.45) is 0 Å². The van der Waals surface area contributed by atoms with E-state index in [2.05, 4.69) is 15.3 Å². The van der Waals surface area contributed by atoms with Gasteiger partial charge >= 0.3 is 0 Å². The van der Waals surface area contributed by atoms with E-state index in [9.17, 15) is 22.4 Å². The van der Waals surface area contributed by atoms with Crippen molar-refractivity contribution < 1.29 is 27.1 Å². The zero-order valence-corrected chi connectivity index (χ0v) is 19.3. The van der Waals surface area contributed by atoms with Crippen LogP contribution in [0.5, 0.6) is 5.88 Å². The molecule has 0 spiro atoms. The van der Waals surface area contributed by atoms with Gasteiger partial charge in [0.2, 0.25) is 11.8 Å². The van der Waals surface area contributed by atoms with Crippen LogP contribution in [0.3, 0.4) is 0 Å². The minimum Gasteiger partial charge on any atom is -0.475 e.